The molecule has 6 heteroatoms. The molecular weight excluding hydrogens is 290 g/mol. The van der Waals surface area contributed by atoms with Crippen LogP contribution >= 0.6 is 0 Å². The number of amides is 1. The van der Waals surface area contributed by atoms with Crippen LogP contribution in [0, 0.1) is 20.8 Å². The van der Waals surface area contributed by atoms with Gasteiger partial charge < -0.3 is 5.32 Å². The first-order chi connectivity index (χ1) is 10.9. The second-order valence-electron chi connectivity index (χ2n) is 6.48. The van der Waals surface area contributed by atoms with Gasteiger partial charge >= 0.3 is 0 Å². The molecule has 2 heterocycles. The fourth-order valence-electron chi connectivity index (χ4n) is 3.37. The molecule has 124 valence electrons. The van der Waals surface area contributed by atoms with Crippen LogP contribution in [0.2, 0.25) is 0 Å². The van der Waals surface area contributed by atoms with Gasteiger partial charge in [0.2, 0.25) is 0 Å². The first kappa shape index (κ1) is 15.8. The van der Waals surface area contributed by atoms with E-state index in [0.717, 1.165) is 53.3 Å². The molecular formula is C17H25N5O. The van der Waals surface area contributed by atoms with Gasteiger partial charge in [0, 0.05) is 29.4 Å². The highest BCUT2D eigenvalue weighted by molar-refractivity contribution is 5.97. The molecule has 0 spiro atoms. The van der Waals surface area contributed by atoms with Crippen LogP contribution in [0.1, 0.15) is 77.3 Å². The first-order valence-corrected chi connectivity index (χ1v) is 8.33. The number of aryl methyl sites for hydroxylation is 3. The third-order valence-electron chi connectivity index (χ3n) is 4.68. The van der Waals surface area contributed by atoms with Crippen molar-refractivity contribution in [3.05, 3.63) is 33.9 Å². The predicted octanol–water partition coefficient (Wildman–Crippen LogP) is 2.92. The number of H-pyrrole nitrogens is 1. The van der Waals surface area contributed by atoms with Crippen LogP contribution in [0.25, 0.3) is 0 Å². The SMILES string of the molecule is CCn1nc(C)c(C(C)NC(=O)c2c(C3CC3)n[nH]c2C)c1C. The minimum absolute atomic E-state index is 0.0475. The van der Waals surface area contributed by atoms with E-state index in [0.29, 0.717) is 5.92 Å². The lowest BCUT2D eigenvalue weighted by Crippen LogP contribution is -2.28. The summed E-state index contributed by atoms with van der Waals surface area (Å²) in [7, 11) is 0. The lowest BCUT2D eigenvalue weighted by Gasteiger charge is -2.15. The van der Waals surface area contributed by atoms with Crippen LogP contribution in [-0.2, 0) is 6.54 Å². The van der Waals surface area contributed by atoms with Gasteiger partial charge in [0.15, 0.2) is 0 Å². The van der Waals surface area contributed by atoms with E-state index in [1.807, 2.05) is 25.5 Å². The maximum atomic E-state index is 12.8. The molecule has 1 atom stereocenters. The van der Waals surface area contributed by atoms with E-state index < -0.39 is 0 Å². The quantitative estimate of drug-likeness (QED) is 0.890. The smallest absolute Gasteiger partial charge is 0.255 e. The van der Waals surface area contributed by atoms with Crippen molar-refractivity contribution < 1.29 is 4.79 Å². The van der Waals surface area contributed by atoms with Crippen LogP contribution < -0.4 is 5.32 Å². The van der Waals surface area contributed by atoms with Crippen molar-refractivity contribution in [2.24, 2.45) is 0 Å². The average molecular weight is 315 g/mol. The Morgan fingerprint density at radius 3 is 2.65 bits per heavy atom. The number of hydrogen-bond acceptors (Lipinski definition) is 3. The Labute approximate surface area is 136 Å². The summed E-state index contributed by atoms with van der Waals surface area (Å²) in [6, 6.07) is -0.0795. The van der Waals surface area contributed by atoms with Crippen molar-refractivity contribution in [3.63, 3.8) is 0 Å². The van der Waals surface area contributed by atoms with Crippen molar-refractivity contribution in [3.8, 4) is 0 Å². The maximum Gasteiger partial charge on any atom is 0.255 e. The van der Waals surface area contributed by atoms with Crippen LogP contribution in [0.5, 0.6) is 0 Å². The molecule has 1 amide bonds. The van der Waals surface area contributed by atoms with E-state index in [4.69, 9.17) is 0 Å². The molecule has 6 nitrogen and oxygen atoms in total. The van der Waals surface area contributed by atoms with E-state index in [2.05, 4.69) is 34.5 Å². The summed E-state index contributed by atoms with van der Waals surface area (Å²) in [6.07, 6.45) is 2.25. The average Bonchev–Trinajstić information content (AvgIpc) is 3.20. The molecule has 1 unspecified atom stereocenters. The number of carbonyl (C=O) groups excluding carboxylic acids is 1. The van der Waals surface area contributed by atoms with Crippen LogP contribution in [-0.4, -0.2) is 25.9 Å². The number of aromatic nitrogens is 4. The topological polar surface area (TPSA) is 75.6 Å². The highest BCUT2D eigenvalue weighted by Crippen LogP contribution is 2.41. The Bertz CT molecular complexity index is 738. The number of aromatic amines is 1. The van der Waals surface area contributed by atoms with E-state index >= 15 is 0 Å². The Morgan fingerprint density at radius 2 is 2.09 bits per heavy atom. The second-order valence-corrected chi connectivity index (χ2v) is 6.48. The van der Waals surface area contributed by atoms with Crippen molar-refractivity contribution in [1.29, 1.82) is 0 Å². The van der Waals surface area contributed by atoms with Gasteiger partial charge in [-0.1, -0.05) is 0 Å². The van der Waals surface area contributed by atoms with E-state index in [1.165, 1.54) is 0 Å². The van der Waals surface area contributed by atoms with E-state index in [-0.39, 0.29) is 11.9 Å². The van der Waals surface area contributed by atoms with Gasteiger partial charge in [-0.15, -0.1) is 0 Å². The predicted molar refractivity (Wildman–Crippen MR) is 88.6 cm³/mol. The summed E-state index contributed by atoms with van der Waals surface area (Å²) >= 11 is 0. The van der Waals surface area contributed by atoms with Crippen molar-refractivity contribution >= 4 is 5.91 Å². The van der Waals surface area contributed by atoms with Crippen molar-refractivity contribution in [2.75, 3.05) is 0 Å². The molecule has 3 rings (SSSR count). The number of rotatable bonds is 5. The second kappa shape index (κ2) is 5.83. The Hall–Kier alpha value is -2.11. The Kier molecular flexibility index (Phi) is 4.00. The Balaban J connectivity index is 1.83. The third kappa shape index (κ3) is 2.78. The molecule has 1 aliphatic rings. The fraction of sp³-hybridized carbons (Fsp3) is 0.588. The summed E-state index contributed by atoms with van der Waals surface area (Å²) in [6.45, 7) is 10.9. The largest absolute Gasteiger partial charge is 0.345 e. The molecule has 2 aromatic rings. The molecule has 1 aliphatic carbocycles. The fourth-order valence-corrected chi connectivity index (χ4v) is 3.37. The van der Waals surface area contributed by atoms with Crippen LogP contribution in [0.4, 0.5) is 0 Å². The van der Waals surface area contributed by atoms with Gasteiger partial charge in [-0.25, -0.2) is 0 Å². The Morgan fingerprint density at radius 1 is 1.39 bits per heavy atom. The molecule has 0 aliphatic heterocycles. The number of hydrogen-bond donors (Lipinski definition) is 2. The van der Waals surface area contributed by atoms with Gasteiger partial charge in [0.05, 0.1) is 23.0 Å². The molecule has 1 fully saturated rings. The molecule has 0 aromatic carbocycles. The molecule has 23 heavy (non-hydrogen) atoms. The summed E-state index contributed by atoms with van der Waals surface area (Å²) in [4.78, 5) is 12.8. The van der Waals surface area contributed by atoms with Crippen molar-refractivity contribution in [1.82, 2.24) is 25.3 Å². The summed E-state index contributed by atoms with van der Waals surface area (Å²) in [5.74, 6) is 0.399. The number of nitrogens with zero attached hydrogens (tertiary/aromatic N) is 3. The van der Waals surface area contributed by atoms with Gasteiger partial charge in [0.25, 0.3) is 5.91 Å². The van der Waals surface area contributed by atoms with Crippen molar-refractivity contribution in [2.45, 2.75) is 66.0 Å². The normalized spacial score (nSPS) is 15.7. The summed E-state index contributed by atoms with van der Waals surface area (Å²) in [5, 5.41) is 15.0. The highest BCUT2D eigenvalue weighted by atomic mass is 16.1. The zero-order valence-electron chi connectivity index (χ0n) is 14.5. The minimum Gasteiger partial charge on any atom is -0.345 e. The summed E-state index contributed by atoms with van der Waals surface area (Å²) < 4.78 is 1.98. The molecule has 2 N–H and O–H groups in total. The first-order valence-electron chi connectivity index (χ1n) is 8.33. The molecule has 0 bridgehead atoms. The molecule has 2 aromatic heterocycles. The number of carbonyl (C=O) groups is 1. The molecule has 0 saturated heterocycles. The minimum atomic E-state index is -0.0795. The van der Waals surface area contributed by atoms with Crippen LogP contribution in [0.15, 0.2) is 0 Å². The lowest BCUT2D eigenvalue weighted by molar-refractivity contribution is 0.0938. The van der Waals surface area contributed by atoms with Gasteiger partial charge in [-0.3, -0.25) is 14.6 Å². The van der Waals surface area contributed by atoms with Gasteiger partial charge in [0.1, 0.15) is 0 Å². The maximum absolute atomic E-state index is 12.8. The standard InChI is InChI=1S/C17H25N5O/c1-6-22-12(5)14(11(4)21-22)9(2)18-17(23)15-10(3)19-20-16(15)13-7-8-13/h9,13H,6-8H2,1-5H3,(H,18,23)(H,19,20). The highest BCUT2D eigenvalue weighted by Gasteiger charge is 2.32. The van der Waals surface area contributed by atoms with E-state index in [1.54, 1.807) is 0 Å². The van der Waals surface area contributed by atoms with Gasteiger partial charge in [-0.2, -0.15) is 10.2 Å². The molecule has 0 radical (unpaired) electrons. The zero-order valence-corrected chi connectivity index (χ0v) is 14.5. The monoisotopic (exact) mass is 315 g/mol. The van der Waals surface area contributed by atoms with Gasteiger partial charge in [-0.05, 0) is 47.5 Å². The lowest BCUT2D eigenvalue weighted by atomic mass is 10.0. The zero-order chi connectivity index (χ0) is 16.7. The van der Waals surface area contributed by atoms with E-state index in [9.17, 15) is 4.79 Å². The van der Waals surface area contributed by atoms with Crippen LogP contribution in [0.3, 0.4) is 0 Å². The molecule has 1 saturated carbocycles. The summed E-state index contributed by atoms with van der Waals surface area (Å²) in [5.41, 5.74) is 5.68. The number of nitrogens with one attached hydrogen (secondary N) is 2. The third-order valence-corrected chi connectivity index (χ3v) is 4.68.